The third kappa shape index (κ3) is 6.01. The Morgan fingerprint density at radius 1 is 1.28 bits per heavy atom. The molecule has 1 saturated carbocycles. The number of carboxylic acids is 1. The SMILES string of the molecule is NCC(NC(=O)c1nc2ccccc2c(=O)[nH]1)C1CCCC1.O=C(O)C(F)(F)F. The van der Waals surface area contributed by atoms with Crippen LogP contribution >= 0.6 is 0 Å². The van der Waals surface area contributed by atoms with Crippen LogP contribution in [0.4, 0.5) is 13.2 Å². The van der Waals surface area contributed by atoms with Gasteiger partial charge < -0.3 is 21.1 Å². The van der Waals surface area contributed by atoms with Crippen molar-refractivity contribution < 1.29 is 27.9 Å². The Balaban J connectivity index is 0.000000370. The van der Waals surface area contributed by atoms with E-state index in [1.165, 1.54) is 12.8 Å². The molecule has 29 heavy (non-hydrogen) atoms. The second-order valence-corrected chi connectivity index (χ2v) is 6.59. The number of alkyl halides is 3. The van der Waals surface area contributed by atoms with Gasteiger partial charge in [-0.25, -0.2) is 9.78 Å². The fourth-order valence-corrected chi connectivity index (χ4v) is 3.16. The summed E-state index contributed by atoms with van der Waals surface area (Å²) in [5.74, 6) is -2.67. The number of aromatic nitrogens is 2. The molecule has 1 heterocycles. The third-order valence-corrected chi connectivity index (χ3v) is 4.61. The minimum atomic E-state index is -5.08. The van der Waals surface area contributed by atoms with Crippen molar-refractivity contribution in [3.63, 3.8) is 0 Å². The van der Waals surface area contributed by atoms with E-state index in [-0.39, 0.29) is 23.3 Å². The van der Waals surface area contributed by atoms with Gasteiger partial charge in [-0.2, -0.15) is 13.2 Å². The molecule has 0 radical (unpaired) electrons. The molecule has 0 spiro atoms. The van der Waals surface area contributed by atoms with Crippen molar-refractivity contribution in [2.45, 2.75) is 37.9 Å². The first-order valence-corrected chi connectivity index (χ1v) is 8.93. The van der Waals surface area contributed by atoms with Gasteiger partial charge in [0.15, 0.2) is 5.82 Å². The Hall–Kier alpha value is -2.95. The number of carboxylic acid groups (broad SMARTS) is 1. The maximum Gasteiger partial charge on any atom is 0.490 e. The number of fused-ring (bicyclic) bond motifs is 1. The number of nitrogens with two attached hydrogens (primary N) is 1. The molecule has 0 aliphatic heterocycles. The average molecular weight is 414 g/mol. The van der Waals surface area contributed by atoms with Crippen molar-refractivity contribution in [3.05, 3.63) is 40.4 Å². The van der Waals surface area contributed by atoms with E-state index in [2.05, 4.69) is 15.3 Å². The Bertz CT molecular complexity index is 923. The zero-order chi connectivity index (χ0) is 21.6. The van der Waals surface area contributed by atoms with Crippen LogP contribution in [0, 0.1) is 5.92 Å². The van der Waals surface area contributed by atoms with E-state index in [0.29, 0.717) is 23.4 Å². The lowest BCUT2D eigenvalue weighted by Gasteiger charge is -2.22. The number of hydrogen-bond acceptors (Lipinski definition) is 5. The molecule has 5 N–H and O–H groups in total. The highest BCUT2D eigenvalue weighted by molar-refractivity contribution is 5.92. The quantitative estimate of drug-likeness (QED) is 0.602. The largest absolute Gasteiger partial charge is 0.490 e. The van der Waals surface area contributed by atoms with Crippen LogP contribution in [0.5, 0.6) is 0 Å². The molecular weight excluding hydrogens is 393 g/mol. The van der Waals surface area contributed by atoms with Gasteiger partial charge >= 0.3 is 12.1 Å². The van der Waals surface area contributed by atoms with Gasteiger partial charge in [-0.3, -0.25) is 9.59 Å². The van der Waals surface area contributed by atoms with Crippen LogP contribution in [0.1, 0.15) is 36.3 Å². The van der Waals surface area contributed by atoms with Crippen LogP contribution in [-0.2, 0) is 4.79 Å². The zero-order valence-electron chi connectivity index (χ0n) is 15.3. The van der Waals surface area contributed by atoms with Crippen molar-refractivity contribution in [1.29, 1.82) is 0 Å². The van der Waals surface area contributed by atoms with E-state index in [1.54, 1.807) is 24.3 Å². The number of amides is 1. The number of aliphatic carboxylic acids is 1. The summed E-state index contributed by atoms with van der Waals surface area (Å²) in [7, 11) is 0. The predicted molar refractivity (Wildman–Crippen MR) is 98.3 cm³/mol. The second-order valence-electron chi connectivity index (χ2n) is 6.59. The van der Waals surface area contributed by atoms with Crippen molar-refractivity contribution in [2.75, 3.05) is 6.54 Å². The number of rotatable bonds is 4. The second kappa shape index (κ2) is 9.50. The maximum absolute atomic E-state index is 12.4. The molecule has 3 rings (SSSR count). The predicted octanol–water partition coefficient (Wildman–Crippen LogP) is 1.80. The van der Waals surface area contributed by atoms with Crippen LogP contribution in [0.2, 0.25) is 0 Å². The van der Waals surface area contributed by atoms with E-state index < -0.39 is 12.1 Å². The Kier molecular flexibility index (Phi) is 7.32. The molecule has 8 nitrogen and oxygen atoms in total. The summed E-state index contributed by atoms with van der Waals surface area (Å²) < 4.78 is 31.7. The molecule has 2 aromatic rings. The molecule has 11 heteroatoms. The lowest BCUT2D eigenvalue weighted by atomic mass is 9.98. The number of benzene rings is 1. The maximum atomic E-state index is 12.4. The van der Waals surface area contributed by atoms with Crippen LogP contribution in [0.25, 0.3) is 10.9 Å². The zero-order valence-corrected chi connectivity index (χ0v) is 15.3. The summed E-state index contributed by atoms with van der Waals surface area (Å²) >= 11 is 0. The van der Waals surface area contributed by atoms with Gasteiger partial charge in [0.25, 0.3) is 11.5 Å². The van der Waals surface area contributed by atoms with Gasteiger partial charge in [-0.1, -0.05) is 25.0 Å². The summed E-state index contributed by atoms with van der Waals surface area (Å²) in [6.07, 6.45) is -0.544. The van der Waals surface area contributed by atoms with Gasteiger partial charge in [0, 0.05) is 12.6 Å². The van der Waals surface area contributed by atoms with Crippen molar-refractivity contribution in [3.8, 4) is 0 Å². The number of H-pyrrole nitrogens is 1. The van der Waals surface area contributed by atoms with Gasteiger partial charge in [-0.05, 0) is 30.9 Å². The van der Waals surface area contributed by atoms with Gasteiger partial charge in [0.1, 0.15) is 0 Å². The van der Waals surface area contributed by atoms with E-state index in [0.717, 1.165) is 12.8 Å². The highest BCUT2D eigenvalue weighted by Gasteiger charge is 2.38. The van der Waals surface area contributed by atoms with Crippen molar-refractivity contribution >= 4 is 22.8 Å². The normalized spacial score (nSPS) is 15.4. The Labute approximate surface area is 163 Å². The molecule has 1 aliphatic carbocycles. The average Bonchev–Trinajstić information content (AvgIpc) is 3.20. The van der Waals surface area contributed by atoms with Crippen LogP contribution in [0.3, 0.4) is 0 Å². The molecule has 1 atom stereocenters. The molecule has 0 saturated heterocycles. The molecule has 1 aromatic carbocycles. The molecule has 158 valence electrons. The minimum absolute atomic E-state index is 0.0418. The fraction of sp³-hybridized carbons (Fsp3) is 0.444. The van der Waals surface area contributed by atoms with Crippen LogP contribution < -0.4 is 16.6 Å². The number of aromatic amines is 1. The summed E-state index contributed by atoms with van der Waals surface area (Å²) in [5, 5.41) is 10.5. The van der Waals surface area contributed by atoms with E-state index in [9.17, 15) is 22.8 Å². The van der Waals surface area contributed by atoms with E-state index in [4.69, 9.17) is 15.6 Å². The lowest BCUT2D eigenvalue weighted by molar-refractivity contribution is -0.192. The molecule has 0 bridgehead atoms. The fourth-order valence-electron chi connectivity index (χ4n) is 3.16. The summed E-state index contributed by atoms with van der Waals surface area (Å²) in [4.78, 5) is 40.1. The van der Waals surface area contributed by atoms with Crippen LogP contribution in [-0.4, -0.2) is 45.7 Å². The number of nitrogens with zero attached hydrogens (tertiary/aromatic N) is 1. The molecular formula is C18H21F3N4O4. The molecule has 1 fully saturated rings. The summed E-state index contributed by atoms with van der Waals surface area (Å²) in [5.41, 5.74) is 6.00. The van der Waals surface area contributed by atoms with Gasteiger partial charge in [0.05, 0.1) is 10.9 Å². The number of carbonyl (C=O) groups is 2. The van der Waals surface area contributed by atoms with E-state index in [1.807, 2.05) is 0 Å². The number of nitrogens with one attached hydrogen (secondary N) is 2. The van der Waals surface area contributed by atoms with Gasteiger partial charge in [0.2, 0.25) is 0 Å². The Morgan fingerprint density at radius 2 is 1.86 bits per heavy atom. The summed E-state index contributed by atoms with van der Waals surface area (Å²) in [6.45, 7) is 0.397. The molecule has 1 unspecified atom stereocenters. The number of halogens is 3. The first-order chi connectivity index (χ1) is 13.6. The number of hydrogen-bond donors (Lipinski definition) is 4. The van der Waals surface area contributed by atoms with Gasteiger partial charge in [-0.15, -0.1) is 0 Å². The summed E-state index contributed by atoms with van der Waals surface area (Å²) in [6, 6.07) is 6.90. The number of para-hydroxylation sites is 1. The van der Waals surface area contributed by atoms with Crippen LogP contribution in [0.15, 0.2) is 29.1 Å². The Morgan fingerprint density at radius 3 is 2.41 bits per heavy atom. The van der Waals surface area contributed by atoms with Crippen molar-refractivity contribution in [2.24, 2.45) is 11.7 Å². The third-order valence-electron chi connectivity index (χ3n) is 4.61. The smallest absolute Gasteiger partial charge is 0.475 e. The van der Waals surface area contributed by atoms with E-state index >= 15 is 0 Å². The number of carbonyl (C=O) groups excluding carboxylic acids is 1. The molecule has 1 aliphatic rings. The molecule has 1 aromatic heterocycles. The topological polar surface area (TPSA) is 138 Å². The standard InChI is InChI=1S/C16H20N4O2.C2HF3O2/c17-9-13(10-5-1-2-6-10)19-16(22)14-18-12-8-4-3-7-11(12)15(21)20-14;3-2(4,5)1(6)7/h3-4,7-8,10,13H,1-2,5-6,9,17H2,(H,19,22)(H,18,20,21);(H,6,7). The highest BCUT2D eigenvalue weighted by Crippen LogP contribution is 2.27. The first kappa shape index (κ1) is 22.3. The molecule has 1 amide bonds. The van der Waals surface area contributed by atoms with Crippen molar-refractivity contribution in [1.82, 2.24) is 15.3 Å². The first-order valence-electron chi connectivity index (χ1n) is 8.93. The highest BCUT2D eigenvalue weighted by atomic mass is 19.4. The lowest BCUT2D eigenvalue weighted by Crippen LogP contribution is -2.45. The minimum Gasteiger partial charge on any atom is -0.475 e. The monoisotopic (exact) mass is 414 g/mol.